The minimum atomic E-state index is -4.27. The topological polar surface area (TPSA) is 70.0 Å². The Balaban J connectivity index is 2.59. The summed E-state index contributed by atoms with van der Waals surface area (Å²) in [5.74, 6) is -2.08. The first-order valence-corrected chi connectivity index (χ1v) is 7.02. The smallest absolute Gasteiger partial charge is 0.221 e. The van der Waals surface area contributed by atoms with E-state index in [4.69, 9.17) is 5.26 Å². The van der Waals surface area contributed by atoms with Crippen molar-refractivity contribution in [3.8, 4) is 6.07 Å². The molecule has 19 heavy (non-hydrogen) atoms. The van der Waals surface area contributed by atoms with Crippen LogP contribution in [0.4, 0.5) is 8.78 Å². The van der Waals surface area contributed by atoms with Crippen LogP contribution in [0.15, 0.2) is 33.7 Å². The largest absolute Gasteiger partial charge is 0.387 e. The predicted octanol–water partition coefficient (Wildman–Crippen LogP) is 1.86. The molecule has 0 saturated carbocycles. The van der Waals surface area contributed by atoms with Crippen molar-refractivity contribution in [2.24, 2.45) is 0 Å². The van der Waals surface area contributed by atoms with E-state index in [9.17, 15) is 17.2 Å². The number of sulfone groups is 1. The lowest BCUT2D eigenvalue weighted by Crippen LogP contribution is -2.14. The normalized spacial score (nSPS) is 17.7. The van der Waals surface area contributed by atoms with Gasteiger partial charge in [0.1, 0.15) is 22.6 Å². The van der Waals surface area contributed by atoms with E-state index in [0.29, 0.717) is 25.5 Å². The molecule has 0 atom stereocenters. The molecule has 2 rings (SSSR count). The van der Waals surface area contributed by atoms with Gasteiger partial charge < -0.3 is 5.32 Å². The Kier molecular flexibility index (Phi) is 3.53. The SMILES string of the molecule is N#CC(=C1CCCN1)S(=O)(=O)c1ccc(F)cc1F. The van der Waals surface area contributed by atoms with Gasteiger partial charge in [-0.25, -0.2) is 17.2 Å². The second-order valence-corrected chi connectivity index (χ2v) is 5.88. The first-order chi connectivity index (χ1) is 8.96. The Hall–Kier alpha value is -1.94. The summed E-state index contributed by atoms with van der Waals surface area (Å²) in [4.78, 5) is -1.19. The Labute approximate surface area is 109 Å². The molecule has 1 aromatic rings. The molecule has 7 heteroatoms. The van der Waals surface area contributed by atoms with Crippen molar-refractivity contribution in [2.45, 2.75) is 17.7 Å². The highest BCUT2D eigenvalue weighted by Crippen LogP contribution is 2.26. The molecular weight excluding hydrogens is 274 g/mol. The monoisotopic (exact) mass is 284 g/mol. The molecular formula is C12H10F2N2O2S. The van der Waals surface area contributed by atoms with E-state index in [0.717, 1.165) is 12.1 Å². The number of hydrogen-bond acceptors (Lipinski definition) is 4. The Morgan fingerprint density at radius 1 is 1.37 bits per heavy atom. The van der Waals surface area contributed by atoms with E-state index in [1.165, 1.54) is 0 Å². The maximum Gasteiger partial charge on any atom is 0.221 e. The highest BCUT2D eigenvalue weighted by atomic mass is 32.2. The molecule has 0 amide bonds. The molecule has 0 radical (unpaired) electrons. The third-order valence-corrected chi connectivity index (χ3v) is 4.56. The van der Waals surface area contributed by atoms with Gasteiger partial charge in [-0.15, -0.1) is 0 Å². The van der Waals surface area contributed by atoms with Gasteiger partial charge in [0.2, 0.25) is 9.84 Å². The summed E-state index contributed by atoms with van der Waals surface area (Å²) in [6, 6.07) is 3.75. The summed E-state index contributed by atoms with van der Waals surface area (Å²) in [5, 5.41) is 11.8. The van der Waals surface area contributed by atoms with Crippen LogP contribution in [0.25, 0.3) is 0 Å². The maximum atomic E-state index is 13.6. The lowest BCUT2D eigenvalue weighted by molar-refractivity contribution is 0.551. The molecule has 0 spiro atoms. The number of nitrogens with one attached hydrogen (secondary N) is 1. The number of nitriles is 1. The Morgan fingerprint density at radius 2 is 2.11 bits per heavy atom. The fourth-order valence-electron chi connectivity index (χ4n) is 1.88. The van der Waals surface area contributed by atoms with Crippen molar-refractivity contribution in [2.75, 3.05) is 6.54 Å². The standard InChI is InChI=1S/C12H10F2N2O2S/c13-8-3-4-11(9(14)6-8)19(17,18)12(7-15)10-2-1-5-16-10/h3-4,6,16H,1-2,5H2. The molecule has 1 fully saturated rings. The summed E-state index contributed by atoms with van der Waals surface area (Å²) < 4.78 is 50.8. The van der Waals surface area contributed by atoms with Gasteiger partial charge in [0, 0.05) is 18.3 Å². The van der Waals surface area contributed by atoms with Gasteiger partial charge in [-0.05, 0) is 25.0 Å². The molecule has 0 aliphatic carbocycles. The molecule has 1 heterocycles. The Morgan fingerprint density at radius 3 is 2.63 bits per heavy atom. The summed E-state index contributed by atoms with van der Waals surface area (Å²) >= 11 is 0. The van der Waals surface area contributed by atoms with Crippen LogP contribution < -0.4 is 5.32 Å². The van der Waals surface area contributed by atoms with Crippen LogP contribution in [0.2, 0.25) is 0 Å². The van der Waals surface area contributed by atoms with E-state index in [1.807, 2.05) is 0 Å². The lowest BCUT2D eigenvalue weighted by atomic mass is 10.3. The van der Waals surface area contributed by atoms with Gasteiger partial charge in [0.05, 0.1) is 0 Å². The van der Waals surface area contributed by atoms with Gasteiger partial charge >= 0.3 is 0 Å². The molecule has 0 unspecified atom stereocenters. The number of rotatable bonds is 2. The zero-order valence-electron chi connectivity index (χ0n) is 9.78. The number of benzene rings is 1. The number of nitrogens with zero attached hydrogens (tertiary/aromatic N) is 1. The molecule has 1 N–H and O–H groups in total. The van der Waals surface area contributed by atoms with Crippen molar-refractivity contribution in [1.29, 1.82) is 5.26 Å². The molecule has 0 aromatic heterocycles. The highest BCUT2D eigenvalue weighted by molar-refractivity contribution is 7.95. The zero-order chi connectivity index (χ0) is 14.0. The van der Waals surface area contributed by atoms with Crippen LogP contribution >= 0.6 is 0 Å². The summed E-state index contributed by atoms with van der Waals surface area (Å²) in [7, 11) is -4.27. The molecule has 1 aliphatic heterocycles. The minimum Gasteiger partial charge on any atom is -0.387 e. The quantitative estimate of drug-likeness (QED) is 0.664. The molecule has 1 saturated heterocycles. The van der Waals surface area contributed by atoms with Crippen molar-refractivity contribution in [1.82, 2.24) is 5.32 Å². The van der Waals surface area contributed by atoms with Crippen LogP contribution in [0.3, 0.4) is 0 Å². The van der Waals surface area contributed by atoms with Crippen LogP contribution in [-0.4, -0.2) is 15.0 Å². The number of allylic oxidation sites excluding steroid dienone is 2. The maximum absolute atomic E-state index is 13.6. The lowest BCUT2D eigenvalue weighted by Gasteiger charge is -2.07. The van der Waals surface area contributed by atoms with Gasteiger partial charge in [0.15, 0.2) is 4.91 Å². The van der Waals surface area contributed by atoms with Crippen molar-refractivity contribution in [3.05, 3.63) is 40.4 Å². The molecule has 1 aromatic carbocycles. The fraction of sp³-hybridized carbons (Fsp3) is 0.250. The van der Waals surface area contributed by atoms with Gasteiger partial charge in [-0.3, -0.25) is 0 Å². The molecule has 100 valence electrons. The zero-order valence-corrected chi connectivity index (χ0v) is 10.6. The van der Waals surface area contributed by atoms with Crippen LogP contribution in [0.1, 0.15) is 12.8 Å². The van der Waals surface area contributed by atoms with Crippen LogP contribution in [0, 0.1) is 23.0 Å². The third-order valence-electron chi connectivity index (χ3n) is 2.77. The first-order valence-electron chi connectivity index (χ1n) is 5.54. The van der Waals surface area contributed by atoms with Crippen LogP contribution in [0.5, 0.6) is 0 Å². The van der Waals surface area contributed by atoms with Crippen LogP contribution in [-0.2, 0) is 9.84 Å². The number of halogens is 2. The minimum absolute atomic E-state index is 0.284. The van der Waals surface area contributed by atoms with Gasteiger partial charge in [0.25, 0.3) is 0 Å². The van der Waals surface area contributed by atoms with E-state index < -0.39 is 31.3 Å². The summed E-state index contributed by atoms with van der Waals surface area (Å²) in [6.45, 7) is 0.571. The highest BCUT2D eigenvalue weighted by Gasteiger charge is 2.29. The van der Waals surface area contributed by atoms with Crippen molar-refractivity contribution < 1.29 is 17.2 Å². The van der Waals surface area contributed by atoms with Gasteiger partial charge in [-0.1, -0.05) is 0 Å². The number of hydrogen-bond donors (Lipinski definition) is 1. The van der Waals surface area contributed by atoms with Gasteiger partial charge in [-0.2, -0.15) is 5.26 Å². The van der Waals surface area contributed by atoms with E-state index >= 15 is 0 Å². The fourth-order valence-corrected chi connectivity index (χ4v) is 3.28. The summed E-state index contributed by atoms with van der Waals surface area (Å²) in [6.07, 6.45) is 1.13. The van der Waals surface area contributed by atoms with E-state index in [2.05, 4.69) is 5.32 Å². The molecule has 4 nitrogen and oxygen atoms in total. The van der Waals surface area contributed by atoms with E-state index in [1.54, 1.807) is 6.07 Å². The second kappa shape index (κ2) is 4.97. The van der Waals surface area contributed by atoms with Crippen molar-refractivity contribution >= 4 is 9.84 Å². The Bertz CT molecular complexity index is 682. The van der Waals surface area contributed by atoms with Crippen molar-refractivity contribution in [3.63, 3.8) is 0 Å². The molecule has 0 bridgehead atoms. The van der Waals surface area contributed by atoms with E-state index in [-0.39, 0.29) is 5.70 Å². The predicted molar refractivity (Wildman–Crippen MR) is 63.4 cm³/mol. The molecule has 1 aliphatic rings. The third kappa shape index (κ3) is 2.44. The average molecular weight is 284 g/mol. The average Bonchev–Trinajstić information content (AvgIpc) is 2.82. The second-order valence-electron chi connectivity index (χ2n) is 4.03. The summed E-state index contributed by atoms with van der Waals surface area (Å²) in [5.41, 5.74) is 0.284. The first kappa shape index (κ1) is 13.5.